The van der Waals surface area contributed by atoms with Gasteiger partial charge in [-0.3, -0.25) is 20.2 Å². The zero-order chi connectivity index (χ0) is 18.6. The molecule has 7 heteroatoms. The van der Waals surface area contributed by atoms with E-state index in [1.165, 1.54) is 0 Å². The summed E-state index contributed by atoms with van der Waals surface area (Å²) in [5, 5.41) is 13.0. The van der Waals surface area contributed by atoms with E-state index >= 15 is 0 Å². The summed E-state index contributed by atoms with van der Waals surface area (Å²) in [7, 11) is 0. The first kappa shape index (κ1) is 17.5. The Bertz CT molecular complexity index is 735. The van der Waals surface area contributed by atoms with Crippen LogP contribution in [0.1, 0.15) is 80.7 Å². The number of aromatic nitrogens is 1. The summed E-state index contributed by atoms with van der Waals surface area (Å²) < 4.78 is 0. The fraction of sp³-hybridized carbons (Fsp3) is 0.684. The molecule has 2 fully saturated rings. The maximum Gasteiger partial charge on any atom is 0.253 e. The largest absolute Gasteiger partial charge is 0.360 e. The number of carbonyl (C=O) groups is 2. The standard InChI is InChI=1S/C19H29N5O2/c1-9-14-12(17(26)20-9)8-13(21-14)10-6-5-7-11-15(10)22-18(23-16(11)25)24-19(2,3)4/h8-11,15,18,21-22,24H,5-7H2,1-4H3,(H,20,26)(H,23,25)/t9-,10?,11?,15?,18?/m1/s1. The van der Waals surface area contributed by atoms with E-state index in [9.17, 15) is 9.59 Å². The Hall–Kier alpha value is -1.86. The van der Waals surface area contributed by atoms with E-state index in [2.05, 4.69) is 47.0 Å². The van der Waals surface area contributed by atoms with Crippen molar-refractivity contribution in [2.75, 3.05) is 0 Å². The average Bonchev–Trinajstić information content (AvgIpc) is 3.07. The van der Waals surface area contributed by atoms with E-state index in [1.807, 2.05) is 13.0 Å². The van der Waals surface area contributed by atoms with E-state index in [-0.39, 0.29) is 47.6 Å². The zero-order valence-electron chi connectivity index (χ0n) is 15.9. The Morgan fingerprint density at radius 3 is 2.54 bits per heavy atom. The van der Waals surface area contributed by atoms with Gasteiger partial charge in [-0.25, -0.2) is 0 Å². The van der Waals surface area contributed by atoms with Gasteiger partial charge in [-0.2, -0.15) is 0 Å². The van der Waals surface area contributed by atoms with Crippen LogP contribution in [-0.2, 0) is 4.79 Å². The van der Waals surface area contributed by atoms with Crippen LogP contribution in [0.15, 0.2) is 6.07 Å². The maximum absolute atomic E-state index is 12.7. The third kappa shape index (κ3) is 3.03. The van der Waals surface area contributed by atoms with Crippen molar-refractivity contribution in [2.45, 2.75) is 76.8 Å². The van der Waals surface area contributed by atoms with Crippen molar-refractivity contribution in [2.24, 2.45) is 5.92 Å². The Morgan fingerprint density at radius 2 is 1.85 bits per heavy atom. The molecule has 142 valence electrons. The second kappa shape index (κ2) is 6.09. The highest BCUT2D eigenvalue weighted by molar-refractivity contribution is 5.99. The van der Waals surface area contributed by atoms with Crippen molar-refractivity contribution in [1.29, 1.82) is 0 Å². The maximum atomic E-state index is 12.7. The molecule has 1 aliphatic carbocycles. The van der Waals surface area contributed by atoms with Gasteiger partial charge in [0.15, 0.2) is 0 Å². The minimum atomic E-state index is -0.242. The van der Waals surface area contributed by atoms with Crippen molar-refractivity contribution in [3.8, 4) is 0 Å². The van der Waals surface area contributed by atoms with Crippen LogP contribution in [0.3, 0.4) is 0 Å². The van der Waals surface area contributed by atoms with Crippen molar-refractivity contribution < 1.29 is 9.59 Å². The SMILES string of the molecule is C[C@H]1NC(=O)c2cc(C3CCCC4C(=O)NC(NC(C)(C)C)NC43)[nH]c21. The molecule has 26 heavy (non-hydrogen) atoms. The summed E-state index contributed by atoms with van der Waals surface area (Å²) in [6.45, 7) is 8.24. The van der Waals surface area contributed by atoms with Gasteiger partial charge >= 0.3 is 0 Å². The van der Waals surface area contributed by atoms with Crippen LogP contribution in [-0.4, -0.2) is 34.7 Å². The Labute approximate surface area is 154 Å². The van der Waals surface area contributed by atoms with E-state index in [0.29, 0.717) is 0 Å². The average molecular weight is 359 g/mol. The molecular weight excluding hydrogens is 330 g/mol. The van der Waals surface area contributed by atoms with Gasteiger partial charge in [-0.15, -0.1) is 0 Å². The molecule has 7 nitrogen and oxygen atoms in total. The van der Waals surface area contributed by atoms with Gasteiger partial charge in [0.25, 0.3) is 5.91 Å². The summed E-state index contributed by atoms with van der Waals surface area (Å²) in [6.07, 6.45) is 2.69. The van der Waals surface area contributed by atoms with Crippen LogP contribution in [0.25, 0.3) is 0 Å². The summed E-state index contributed by atoms with van der Waals surface area (Å²) >= 11 is 0. The van der Waals surface area contributed by atoms with Crippen LogP contribution in [0.5, 0.6) is 0 Å². The zero-order valence-corrected chi connectivity index (χ0v) is 15.9. The monoisotopic (exact) mass is 359 g/mol. The van der Waals surface area contributed by atoms with Gasteiger partial charge < -0.3 is 15.6 Å². The Balaban J connectivity index is 1.60. The molecule has 2 aliphatic heterocycles. The molecule has 5 atom stereocenters. The predicted molar refractivity (Wildman–Crippen MR) is 98.5 cm³/mol. The molecule has 4 unspecified atom stereocenters. The second-order valence-corrected chi connectivity index (χ2v) is 8.92. The lowest BCUT2D eigenvalue weighted by atomic mass is 9.74. The summed E-state index contributed by atoms with van der Waals surface area (Å²) in [5.41, 5.74) is 2.68. The number of amides is 2. The Morgan fingerprint density at radius 1 is 1.12 bits per heavy atom. The van der Waals surface area contributed by atoms with Crippen molar-refractivity contribution in [3.63, 3.8) is 0 Å². The number of nitrogens with one attached hydrogen (secondary N) is 5. The molecule has 1 aromatic heterocycles. The van der Waals surface area contributed by atoms with Crippen LogP contribution in [0.4, 0.5) is 0 Å². The number of hydrogen-bond acceptors (Lipinski definition) is 4. The Kier molecular flexibility index (Phi) is 4.11. The van der Waals surface area contributed by atoms with Crippen LogP contribution in [0, 0.1) is 5.92 Å². The number of carbonyl (C=O) groups excluding carboxylic acids is 2. The van der Waals surface area contributed by atoms with Crippen molar-refractivity contribution in [1.82, 2.24) is 26.3 Å². The van der Waals surface area contributed by atoms with Crippen molar-refractivity contribution >= 4 is 11.8 Å². The first-order valence-electron chi connectivity index (χ1n) is 9.61. The molecule has 2 amide bonds. The van der Waals surface area contributed by atoms with Crippen LogP contribution in [0.2, 0.25) is 0 Å². The molecule has 1 aromatic rings. The molecule has 4 rings (SSSR count). The normalized spacial score (nSPS) is 34.1. The van der Waals surface area contributed by atoms with Gasteiger partial charge in [0.1, 0.15) is 6.29 Å². The molecule has 1 saturated heterocycles. The lowest BCUT2D eigenvalue weighted by molar-refractivity contribution is -0.132. The van der Waals surface area contributed by atoms with E-state index in [0.717, 1.165) is 36.2 Å². The fourth-order valence-corrected chi connectivity index (χ4v) is 4.63. The molecule has 0 radical (unpaired) electrons. The highest BCUT2D eigenvalue weighted by Gasteiger charge is 2.44. The van der Waals surface area contributed by atoms with Crippen LogP contribution < -0.4 is 21.3 Å². The molecule has 3 aliphatic rings. The smallest absolute Gasteiger partial charge is 0.253 e. The van der Waals surface area contributed by atoms with Gasteiger partial charge in [0.05, 0.1) is 23.2 Å². The summed E-state index contributed by atoms with van der Waals surface area (Å²) in [5.74, 6) is 0.278. The van der Waals surface area contributed by atoms with E-state index < -0.39 is 0 Å². The lowest BCUT2D eigenvalue weighted by Crippen LogP contribution is -2.70. The molecule has 0 spiro atoms. The number of fused-ring (bicyclic) bond motifs is 2. The molecule has 1 saturated carbocycles. The first-order valence-corrected chi connectivity index (χ1v) is 9.61. The van der Waals surface area contributed by atoms with Gasteiger partial charge in [0, 0.05) is 23.2 Å². The van der Waals surface area contributed by atoms with E-state index in [1.54, 1.807) is 0 Å². The van der Waals surface area contributed by atoms with Crippen LogP contribution >= 0.6 is 0 Å². The highest BCUT2D eigenvalue weighted by Crippen LogP contribution is 2.39. The fourth-order valence-electron chi connectivity index (χ4n) is 4.63. The molecule has 0 bridgehead atoms. The predicted octanol–water partition coefficient (Wildman–Crippen LogP) is 1.46. The second-order valence-electron chi connectivity index (χ2n) is 8.92. The van der Waals surface area contributed by atoms with E-state index in [4.69, 9.17) is 0 Å². The first-order chi connectivity index (χ1) is 12.2. The van der Waals surface area contributed by atoms with Crippen molar-refractivity contribution in [3.05, 3.63) is 23.0 Å². The summed E-state index contributed by atoms with van der Waals surface area (Å²) in [6, 6.07) is 2.07. The number of aromatic amines is 1. The lowest BCUT2D eigenvalue weighted by Gasteiger charge is -2.45. The molecule has 0 aromatic carbocycles. The summed E-state index contributed by atoms with van der Waals surface area (Å²) in [4.78, 5) is 28.3. The third-order valence-electron chi connectivity index (χ3n) is 5.75. The minimum absolute atomic E-state index is 0.0102. The quantitative estimate of drug-likeness (QED) is 0.552. The molecular formula is C19H29N5O2. The molecule has 5 N–H and O–H groups in total. The topological polar surface area (TPSA) is 98.1 Å². The van der Waals surface area contributed by atoms with Gasteiger partial charge in [-0.1, -0.05) is 6.42 Å². The van der Waals surface area contributed by atoms with Gasteiger partial charge in [0.2, 0.25) is 5.91 Å². The molecule has 3 heterocycles. The number of H-pyrrole nitrogens is 1. The highest BCUT2D eigenvalue weighted by atomic mass is 16.2. The third-order valence-corrected chi connectivity index (χ3v) is 5.75. The number of hydrogen-bond donors (Lipinski definition) is 5. The number of rotatable bonds is 2. The van der Waals surface area contributed by atoms with Gasteiger partial charge in [-0.05, 0) is 46.6 Å². The minimum Gasteiger partial charge on any atom is -0.360 e.